The SMILES string of the molecule is CCOC(=O)CCN(C)C(=O)Cc1nc(CCl)cs1. The van der Waals surface area contributed by atoms with Crippen LogP contribution in [0.1, 0.15) is 24.0 Å². The van der Waals surface area contributed by atoms with Gasteiger partial charge in [-0.1, -0.05) is 0 Å². The minimum absolute atomic E-state index is 0.0697. The van der Waals surface area contributed by atoms with E-state index in [0.717, 1.165) is 10.7 Å². The molecule has 1 amide bonds. The molecule has 0 unspecified atom stereocenters. The van der Waals surface area contributed by atoms with Crippen molar-refractivity contribution in [1.29, 1.82) is 0 Å². The number of esters is 1. The maximum atomic E-state index is 11.9. The summed E-state index contributed by atoms with van der Waals surface area (Å²) in [5, 5.41) is 2.58. The zero-order valence-corrected chi connectivity index (χ0v) is 12.6. The van der Waals surface area contributed by atoms with Crippen molar-refractivity contribution >= 4 is 34.8 Å². The molecule has 5 nitrogen and oxygen atoms in total. The highest BCUT2D eigenvalue weighted by atomic mass is 35.5. The number of likely N-dealkylation sites (N-methyl/N-ethyl adjacent to an activating group) is 1. The third-order valence-electron chi connectivity index (χ3n) is 2.42. The Morgan fingerprint density at radius 1 is 1.53 bits per heavy atom. The van der Waals surface area contributed by atoms with Crippen LogP contribution < -0.4 is 0 Å². The molecule has 0 saturated heterocycles. The molecular weight excluding hydrogens is 288 g/mol. The molecule has 0 aliphatic heterocycles. The average molecular weight is 305 g/mol. The van der Waals surface area contributed by atoms with E-state index in [-0.39, 0.29) is 24.7 Å². The minimum atomic E-state index is -0.291. The molecule has 106 valence electrons. The monoisotopic (exact) mass is 304 g/mol. The molecule has 1 rings (SSSR count). The van der Waals surface area contributed by atoms with Crippen molar-refractivity contribution in [2.75, 3.05) is 20.2 Å². The first-order valence-corrected chi connectivity index (χ1v) is 7.37. The van der Waals surface area contributed by atoms with E-state index in [1.165, 1.54) is 16.2 Å². The molecule has 0 fully saturated rings. The van der Waals surface area contributed by atoms with Crippen molar-refractivity contribution in [2.45, 2.75) is 25.6 Å². The van der Waals surface area contributed by atoms with E-state index in [4.69, 9.17) is 16.3 Å². The van der Waals surface area contributed by atoms with E-state index in [2.05, 4.69) is 4.98 Å². The van der Waals surface area contributed by atoms with Gasteiger partial charge >= 0.3 is 5.97 Å². The van der Waals surface area contributed by atoms with Gasteiger partial charge in [-0.05, 0) is 6.92 Å². The summed E-state index contributed by atoms with van der Waals surface area (Å²) in [4.78, 5) is 28.8. The second kappa shape index (κ2) is 8.12. The van der Waals surface area contributed by atoms with E-state index >= 15 is 0 Å². The number of aromatic nitrogens is 1. The van der Waals surface area contributed by atoms with Gasteiger partial charge in [0.15, 0.2) is 0 Å². The molecular formula is C12H17ClN2O3S. The van der Waals surface area contributed by atoms with Crippen LogP contribution in [0, 0.1) is 0 Å². The molecule has 0 spiro atoms. The van der Waals surface area contributed by atoms with Crippen LogP contribution in [0.2, 0.25) is 0 Å². The summed E-state index contributed by atoms with van der Waals surface area (Å²) in [6, 6.07) is 0. The van der Waals surface area contributed by atoms with Crippen LogP contribution in [-0.4, -0.2) is 42.0 Å². The Labute approximate surface area is 121 Å². The van der Waals surface area contributed by atoms with Gasteiger partial charge in [-0.3, -0.25) is 9.59 Å². The number of nitrogens with zero attached hydrogens (tertiary/aromatic N) is 2. The number of amides is 1. The lowest BCUT2D eigenvalue weighted by Crippen LogP contribution is -2.30. The highest BCUT2D eigenvalue weighted by molar-refractivity contribution is 7.09. The number of hydrogen-bond donors (Lipinski definition) is 0. The summed E-state index contributed by atoms with van der Waals surface area (Å²) in [6.45, 7) is 2.46. The van der Waals surface area contributed by atoms with Crippen molar-refractivity contribution < 1.29 is 14.3 Å². The van der Waals surface area contributed by atoms with Crippen LogP contribution in [0.4, 0.5) is 0 Å². The number of thiazole rings is 1. The molecule has 7 heteroatoms. The molecule has 1 heterocycles. The fourth-order valence-corrected chi connectivity index (χ4v) is 2.39. The number of alkyl halides is 1. The maximum absolute atomic E-state index is 11.9. The molecule has 0 radical (unpaired) electrons. The van der Waals surface area contributed by atoms with E-state index in [1.807, 2.05) is 5.38 Å². The Bertz CT molecular complexity index is 436. The summed E-state index contributed by atoms with van der Waals surface area (Å²) >= 11 is 7.07. The molecule has 0 aromatic carbocycles. The molecule has 0 aliphatic carbocycles. The second-order valence-electron chi connectivity index (χ2n) is 3.91. The van der Waals surface area contributed by atoms with E-state index in [0.29, 0.717) is 19.0 Å². The minimum Gasteiger partial charge on any atom is -0.466 e. The van der Waals surface area contributed by atoms with Gasteiger partial charge in [0, 0.05) is 19.0 Å². The zero-order chi connectivity index (χ0) is 14.3. The lowest BCUT2D eigenvalue weighted by atomic mass is 10.3. The third kappa shape index (κ3) is 5.57. The van der Waals surface area contributed by atoms with E-state index in [9.17, 15) is 9.59 Å². The molecule has 0 N–H and O–H groups in total. The fraction of sp³-hybridized carbons (Fsp3) is 0.583. The molecule has 0 saturated carbocycles. The molecule has 0 bridgehead atoms. The van der Waals surface area contributed by atoms with Gasteiger partial charge in [-0.15, -0.1) is 22.9 Å². The first kappa shape index (κ1) is 15.9. The number of hydrogen-bond acceptors (Lipinski definition) is 5. The zero-order valence-electron chi connectivity index (χ0n) is 11.0. The van der Waals surface area contributed by atoms with Gasteiger partial charge in [0.1, 0.15) is 5.01 Å². The molecule has 1 aromatic rings. The van der Waals surface area contributed by atoms with E-state index in [1.54, 1.807) is 14.0 Å². The molecule has 1 aromatic heterocycles. The third-order valence-corrected chi connectivity index (χ3v) is 3.59. The Morgan fingerprint density at radius 3 is 2.84 bits per heavy atom. The lowest BCUT2D eigenvalue weighted by molar-refractivity contribution is -0.143. The smallest absolute Gasteiger partial charge is 0.307 e. The van der Waals surface area contributed by atoms with Gasteiger partial charge in [0.25, 0.3) is 0 Å². The largest absolute Gasteiger partial charge is 0.466 e. The normalized spacial score (nSPS) is 10.3. The predicted molar refractivity (Wildman–Crippen MR) is 74.3 cm³/mol. The van der Waals surface area contributed by atoms with Crippen molar-refractivity contribution in [1.82, 2.24) is 9.88 Å². The van der Waals surface area contributed by atoms with Crippen LogP contribution in [0.5, 0.6) is 0 Å². The lowest BCUT2D eigenvalue weighted by Gasteiger charge is -2.15. The Hall–Kier alpha value is -1.14. The summed E-state index contributed by atoms with van der Waals surface area (Å²) in [5.41, 5.74) is 0.781. The van der Waals surface area contributed by atoms with Crippen molar-refractivity contribution in [3.63, 3.8) is 0 Å². The Balaban J connectivity index is 2.38. The summed E-state index contributed by atoms with van der Waals surface area (Å²) < 4.78 is 4.81. The van der Waals surface area contributed by atoms with Gasteiger partial charge < -0.3 is 9.64 Å². The summed E-state index contributed by atoms with van der Waals surface area (Å²) in [5.74, 6) is -0.00998. The molecule has 0 aliphatic rings. The van der Waals surface area contributed by atoms with Crippen LogP contribution in [-0.2, 0) is 26.6 Å². The number of carbonyl (C=O) groups excluding carboxylic acids is 2. The average Bonchev–Trinajstić information content (AvgIpc) is 2.83. The topological polar surface area (TPSA) is 59.5 Å². The van der Waals surface area contributed by atoms with Gasteiger partial charge in [0.05, 0.1) is 31.0 Å². The highest BCUT2D eigenvalue weighted by Gasteiger charge is 2.13. The predicted octanol–water partition coefficient (Wildman–Crippen LogP) is 1.84. The van der Waals surface area contributed by atoms with Gasteiger partial charge in [-0.2, -0.15) is 0 Å². The van der Waals surface area contributed by atoms with E-state index < -0.39 is 0 Å². The Morgan fingerprint density at radius 2 is 2.26 bits per heavy atom. The number of halogens is 1. The quantitative estimate of drug-likeness (QED) is 0.569. The number of ether oxygens (including phenoxy) is 1. The Kier molecular flexibility index (Phi) is 6.80. The highest BCUT2D eigenvalue weighted by Crippen LogP contribution is 2.13. The standard InChI is InChI=1S/C12H17ClN2O3S/c1-3-18-12(17)4-5-15(2)11(16)6-10-14-9(7-13)8-19-10/h8H,3-7H2,1-2H3. The van der Waals surface area contributed by atoms with Crippen LogP contribution in [0.15, 0.2) is 5.38 Å². The number of rotatable bonds is 7. The summed E-state index contributed by atoms with van der Waals surface area (Å²) in [6.07, 6.45) is 0.446. The fourth-order valence-electron chi connectivity index (χ4n) is 1.37. The van der Waals surface area contributed by atoms with Crippen molar-refractivity contribution in [2.24, 2.45) is 0 Å². The molecule has 0 atom stereocenters. The van der Waals surface area contributed by atoms with Crippen LogP contribution in [0.25, 0.3) is 0 Å². The second-order valence-corrected chi connectivity index (χ2v) is 5.12. The van der Waals surface area contributed by atoms with Gasteiger partial charge in [-0.25, -0.2) is 4.98 Å². The van der Waals surface area contributed by atoms with Crippen molar-refractivity contribution in [3.05, 3.63) is 16.1 Å². The van der Waals surface area contributed by atoms with Crippen LogP contribution in [0.3, 0.4) is 0 Å². The first-order chi connectivity index (χ1) is 9.06. The molecule has 19 heavy (non-hydrogen) atoms. The van der Waals surface area contributed by atoms with Crippen LogP contribution >= 0.6 is 22.9 Å². The first-order valence-electron chi connectivity index (χ1n) is 5.95. The number of carbonyl (C=O) groups is 2. The van der Waals surface area contributed by atoms with Gasteiger partial charge in [0.2, 0.25) is 5.91 Å². The van der Waals surface area contributed by atoms with Crippen molar-refractivity contribution in [3.8, 4) is 0 Å². The maximum Gasteiger partial charge on any atom is 0.307 e. The summed E-state index contributed by atoms with van der Waals surface area (Å²) in [7, 11) is 1.66.